The molecule has 1 aromatic carbocycles. The molecule has 1 heterocycles. The first kappa shape index (κ1) is 21.6. The van der Waals surface area contributed by atoms with E-state index >= 15 is 0 Å². The molecule has 0 aliphatic carbocycles. The Labute approximate surface area is 164 Å². The summed E-state index contributed by atoms with van der Waals surface area (Å²) in [7, 11) is -2.05. The van der Waals surface area contributed by atoms with Crippen LogP contribution in [0.25, 0.3) is 0 Å². The summed E-state index contributed by atoms with van der Waals surface area (Å²) in [6, 6.07) is 7.52. The maximum absolute atomic E-state index is 13.4. The summed E-state index contributed by atoms with van der Waals surface area (Å²) in [5.74, 6) is -0.522. The molecule has 0 radical (unpaired) electrons. The van der Waals surface area contributed by atoms with Gasteiger partial charge >= 0.3 is 0 Å². The molecule has 1 aliphatic heterocycles. The third-order valence-electron chi connectivity index (χ3n) is 4.72. The molecule has 0 spiro atoms. The molecule has 0 saturated heterocycles. The Kier molecular flexibility index (Phi) is 7.17. The van der Waals surface area contributed by atoms with Crippen molar-refractivity contribution in [3.05, 3.63) is 42.0 Å². The van der Waals surface area contributed by atoms with Gasteiger partial charge in [0.15, 0.2) is 13.9 Å². The highest BCUT2D eigenvalue weighted by molar-refractivity contribution is 6.70. The van der Waals surface area contributed by atoms with Crippen LogP contribution in [0, 0.1) is 0 Å². The number of carbonyl (C=O) groups is 2. The maximum atomic E-state index is 13.4. The second-order valence-electron chi connectivity index (χ2n) is 8.24. The third kappa shape index (κ3) is 4.96. The van der Waals surface area contributed by atoms with Crippen molar-refractivity contribution >= 4 is 25.8 Å². The van der Waals surface area contributed by atoms with Gasteiger partial charge in [0.1, 0.15) is 0 Å². The smallest absolute Gasteiger partial charge is 0.270 e. The number of rotatable bonds is 9. The number of allylic oxidation sites excluding steroid dienone is 1. The average Bonchev–Trinajstić information content (AvgIpc) is 2.82. The first-order valence-electron chi connectivity index (χ1n) is 10.0. The normalized spacial score (nSPS) is 19.7. The number of unbranched alkanes of at least 4 members (excludes halogenated alkanes) is 4. The van der Waals surface area contributed by atoms with Crippen LogP contribution in [-0.4, -0.2) is 20.1 Å². The first-order chi connectivity index (χ1) is 12.7. The zero-order valence-electron chi connectivity index (χ0n) is 17.4. The Hall–Kier alpha value is -1.72. The lowest BCUT2D eigenvalue weighted by Gasteiger charge is -2.34. The molecule has 0 fully saturated rings. The van der Waals surface area contributed by atoms with E-state index in [2.05, 4.69) is 38.7 Å². The number of anilines is 1. The molecule has 27 heavy (non-hydrogen) atoms. The standard InChI is InChI=1S/C22H33NO3Si/c1-6-7-8-9-10-11-14-17-22(26-27(3,4)5)19-15-12-13-16-20(19)23(18(2)24)21(22)25/h11-16H,6-10,17H2,1-5H3/b14-11+/t22-/m1/s1. The van der Waals surface area contributed by atoms with Gasteiger partial charge in [0.2, 0.25) is 5.91 Å². The van der Waals surface area contributed by atoms with Gasteiger partial charge in [-0.15, -0.1) is 0 Å². The zero-order valence-corrected chi connectivity index (χ0v) is 18.4. The van der Waals surface area contributed by atoms with E-state index < -0.39 is 13.9 Å². The predicted octanol–water partition coefficient (Wildman–Crippen LogP) is 5.54. The number of para-hydroxylation sites is 1. The Bertz CT molecular complexity index is 708. The van der Waals surface area contributed by atoms with Crippen LogP contribution < -0.4 is 4.90 Å². The topological polar surface area (TPSA) is 46.6 Å². The van der Waals surface area contributed by atoms with Gasteiger partial charge in [0.05, 0.1) is 5.69 Å². The summed E-state index contributed by atoms with van der Waals surface area (Å²) >= 11 is 0. The van der Waals surface area contributed by atoms with Crippen molar-refractivity contribution in [1.29, 1.82) is 0 Å². The number of nitrogens with zero attached hydrogens (tertiary/aromatic N) is 1. The molecule has 0 N–H and O–H groups in total. The highest BCUT2D eigenvalue weighted by Crippen LogP contribution is 2.46. The van der Waals surface area contributed by atoms with E-state index in [0.717, 1.165) is 18.4 Å². The Morgan fingerprint density at radius 1 is 1.15 bits per heavy atom. The van der Waals surface area contributed by atoms with Crippen LogP contribution >= 0.6 is 0 Å². The van der Waals surface area contributed by atoms with Gasteiger partial charge < -0.3 is 4.43 Å². The van der Waals surface area contributed by atoms with Crippen molar-refractivity contribution < 1.29 is 14.0 Å². The summed E-state index contributed by atoms with van der Waals surface area (Å²) in [6.07, 6.45) is 10.6. The Morgan fingerprint density at radius 3 is 2.48 bits per heavy atom. The molecule has 148 valence electrons. The van der Waals surface area contributed by atoms with Crippen molar-refractivity contribution in [2.24, 2.45) is 0 Å². The highest BCUT2D eigenvalue weighted by Gasteiger charge is 2.54. The lowest BCUT2D eigenvalue weighted by atomic mass is 9.91. The highest BCUT2D eigenvalue weighted by atomic mass is 28.4. The minimum Gasteiger partial charge on any atom is -0.400 e. The third-order valence-corrected chi connectivity index (χ3v) is 5.68. The van der Waals surface area contributed by atoms with Gasteiger partial charge in [0.25, 0.3) is 5.91 Å². The van der Waals surface area contributed by atoms with Gasteiger partial charge in [-0.3, -0.25) is 9.59 Å². The van der Waals surface area contributed by atoms with Crippen LogP contribution in [0.2, 0.25) is 19.6 Å². The fourth-order valence-corrected chi connectivity index (χ4v) is 4.97. The minimum atomic E-state index is -2.05. The molecule has 1 aromatic rings. The summed E-state index contributed by atoms with van der Waals surface area (Å²) in [4.78, 5) is 26.9. The zero-order chi connectivity index (χ0) is 20.1. The van der Waals surface area contributed by atoms with Crippen molar-refractivity contribution in [3.63, 3.8) is 0 Å². The lowest BCUT2D eigenvalue weighted by molar-refractivity contribution is -0.136. The first-order valence-corrected chi connectivity index (χ1v) is 13.4. The quantitative estimate of drug-likeness (QED) is 0.317. The summed E-state index contributed by atoms with van der Waals surface area (Å²) in [6.45, 7) is 9.88. The van der Waals surface area contributed by atoms with E-state index in [0.29, 0.717) is 12.1 Å². The van der Waals surface area contributed by atoms with E-state index in [-0.39, 0.29) is 11.8 Å². The number of fused-ring (bicyclic) bond motifs is 1. The number of amides is 2. The molecule has 0 aromatic heterocycles. The fraction of sp³-hybridized carbons (Fsp3) is 0.545. The number of carbonyl (C=O) groups excluding carboxylic acids is 2. The van der Waals surface area contributed by atoms with E-state index in [1.54, 1.807) is 0 Å². The molecule has 0 saturated carbocycles. The van der Waals surface area contributed by atoms with E-state index in [1.165, 1.54) is 31.1 Å². The summed E-state index contributed by atoms with van der Waals surface area (Å²) < 4.78 is 6.49. The lowest BCUT2D eigenvalue weighted by Crippen LogP contribution is -2.49. The maximum Gasteiger partial charge on any atom is 0.270 e. The molecule has 2 rings (SSSR count). The van der Waals surface area contributed by atoms with Crippen LogP contribution in [-0.2, 0) is 19.6 Å². The molecular formula is C22H33NO3Si. The van der Waals surface area contributed by atoms with Gasteiger partial charge in [-0.1, -0.05) is 56.5 Å². The molecule has 5 heteroatoms. The van der Waals surface area contributed by atoms with E-state index in [9.17, 15) is 9.59 Å². The molecule has 4 nitrogen and oxygen atoms in total. The Morgan fingerprint density at radius 2 is 1.85 bits per heavy atom. The fourth-order valence-electron chi connectivity index (χ4n) is 3.64. The number of benzene rings is 1. The predicted molar refractivity (Wildman–Crippen MR) is 113 cm³/mol. The molecule has 1 aliphatic rings. The minimum absolute atomic E-state index is 0.255. The molecule has 1 atom stereocenters. The largest absolute Gasteiger partial charge is 0.400 e. The average molecular weight is 388 g/mol. The summed E-state index contributed by atoms with van der Waals surface area (Å²) in [5, 5.41) is 0. The second kappa shape index (κ2) is 8.98. The van der Waals surface area contributed by atoms with E-state index in [1.807, 2.05) is 24.3 Å². The summed E-state index contributed by atoms with van der Waals surface area (Å²) in [5.41, 5.74) is 0.375. The van der Waals surface area contributed by atoms with Crippen LogP contribution in [0.4, 0.5) is 5.69 Å². The van der Waals surface area contributed by atoms with Crippen LogP contribution in [0.1, 0.15) is 57.9 Å². The van der Waals surface area contributed by atoms with Crippen molar-refractivity contribution in [2.75, 3.05) is 4.90 Å². The van der Waals surface area contributed by atoms with Gasteiger partial charge in [-0.25, -0.2) is 4.90 Å². The number of hydrogen-bond donors (Lipinski definition) is 0. The van der Waals surface area contributed by atoms with Crippen molar-refractivity contribution in [1.82, 2.24) is 0 Å². The molecule has 0 unspecified atom stereocenters. The SMILES string of the molecule is CCCCCC/C=C/C[C@]1(O[Si](C)(C)C)C(=O)N(C(C)=O)c2ccccc21. The van der Waals surface area contributed by atoms with Crippen LogP contribution in [0.3, 0.4) is 0 Å². The monoisotopic (exact) mass is 387 g/mol. The van der Waals surface area contributed by atoms with Crippen LogP contribution in [0.5, 0.6) is 0 Å². The van der Waals surface area contributed by atoms with Gasteiger partial charge in [-0.05, 0) is 38.5 Å². The van der Waals surface area contributed by atoms with Gasteiger partial charge in [0, 0.05) is 18.9 Å². The number of imide groups is 1. The molecule has 0 bridgehead atoms. The Balaban J connectivity index is 2.32. The molecular weight excluding hydrogens is 354 g/mol. The second-order valence-corrected chi connectivity index (χ2v) is 12.7. The number of hydrogen-bond acceptors (Lipinski definition) is 3. The van der Waals surface area contributed by atoms with Crippen LogP contribution in [0.15, 0.2) is 36.4 Å². The van der Waals surface area contributed by atoms with Crippen molar-refractivity contribution in [3.8, 4) is 0 Å². The molecule has 2 amide bonds. The van der Waals surface area contributed by atoms with E-state index in [4.69, 9.17) is 4.43 Å². The van der Waals surface area contributed by atoms with Crippen molar-refractivity contribution in [2.45, 2.75) is 77.6 Å². The van der Waals surface area contributed by atoms with Gasteiger partial charge in [-0.2, -0.15) is 0 Å².